The Bertz CT molecular complexity index is 1280. The van der Waals surface area contributed by atoms with Gasteiger partial charge in [0.15, 0.2) is 11.4 Å². The Labute approximate surface area is 212 Å². The molecule has 0 radical (unpaired) electrons. The van der Waals surface area contributed by atoms with Gasteiger partial charge in [-0.05, 0) is 48.2 Å². The lowest BCUT2D eigenvalue weighted by atomic mass is 9.93. The number of aromatic hydroxyl groups is 1. The summed E-state index contributed by atoms with van der Waals surface area (Å²) in [5, 5.41) is 13.0. The number of hydrogen-bond acceptors (Lipinski definition) is 5. The first-order chi connectivity index (χ1) is 17.5. The van der Waals surface area contributed by atoms with Crippen molar-refractivity contribution in [1.29, 1.82) is 0 Å². The Kier molecular flexibility index (Phi) is 6.58. The van der Waals surface area contributed by atoms with Crippen molar-refractivity contribution in [2.45, 2.75) is 45.3 Å². The molecule has 1 N–H and O–H groups in total. The summed E-state index contributed by atoms with van der Waals surface area (Å²) in [6.45, 7) is 6.97. The maximum atomic E-state index is 13.5. The molecule has 1 aliphatic heterocycles. The highest BCUT2D eigenvalue weighted by Gasteiger charge is 2.42. The van der Waals surface area contributed by atoms with E-state index in [4.69, 9.17) is 0 Å². The molecule has 1 unspecified atom stereocenters. The smallest absolute Gasteiger partial charge is 0.277 e. The van der Waals surface area contributed by atoms with Crippen molar-refractivity contribution < 1.29 is 9.90 Å². The molecule has 5 rings (SSSR count). The van der Waals surface area contributed by atoms with E-state index in [0.29, 0.717) is 0 Å². The quantitative estimate of drug-likeness (QED) is 0.577. The molecule has 0 fully saturated rings. The van der Waals surface area contributed by atoms with Gasteiger partial charge in [0.25, 0.3) is 5.91 Å². The van der Waals surface area contributed by atoms with Gasteiger partial charge in [0.1, 0.15) is 6.17 Å². The lowest BCUT2D eigenvalue weighted by molar-refractivity contribution is 0.0590. The van der Waals surface area contributed by atoms with Gasteiger partial charge in [0.2, 0.25) is 5.43 Å². The van der Waals surface area contributed by atoms with E-state index in [9.17, 15) is 14.7 Å². The van der Waals surface area contributed by atoms with E-state index < -0.39 is 11.2 Å². The van der Waals surface area contributed by atoms with Gasteiger partial charge in [-0.1, -0.05) is 62.4 Å². The highest BCUT2D eigenvalue weighted by atomic mass is 16.3. The molecule has 2 heterocycles. The van der Waals surface area contributed by atoms with Gasteiger partial charge in [-0.25, -0.2) is 0 Å². The molecule has 7 nitrogen and oxygen atoms in total. The van der Waals surface area contributed by atoms with Crippen LogP contribution >= 0.6 is 0 Å². The van der Waals surface area contributed by atoms with Crippen molar-refractivity contribution in [2.24, 2.45) is 0 Å². The van der Waals surface area contributed by atoms with Gasteiger partial charge in [0.05, 0.1) is 6.04 Å². The topological polar surface area (TPSA) is 69.0 Å². The van der Waals surface area contributed by atoms with E-state index in [1.165, 1.54) is 28.3 Å². The zero-order valence-corrected chi connectivity index (χ0v) is 21.2. The second-order valence-electron chi connectivity index (χ2n) is 9.61. The second kappa shape index (κ2) is 9.82. The van der Waals surface area contributed by atoms with Crippen LogP contribution in [-0.4, -0.2) is 58.3 Å². The summed E-state index contributed by atoms with van der Waals surface area (Å²) in [6, 6.07) is 18.1. The van der Waals surface area contributed by atoms with Crippen molar-refractivity contribution in [1.82, 2.24) is 14.5 Å². The van der Waals surface area contributed by atoms with Crippen LogP contribution in [0.25, 0.3) is 0 Å². The van der Waals surface area contributed by atoms with Crippen LogP contribution in [0.5, 0.6) is 5.75 Å². The molecule has 0 spiro atoms. The van der Waals surface area contributed by atoms with Gasteiger partial charge in [-0.3, -0.25) is 19.3 Å². The fourth-order valence-electron chi connectivity index (χ4n) is 5.77. The standard InChI is InChI=1S/C29H34N4O3/c1-4-31(5-2)18-17-25-30(3)29(36)27-28(35)24(34)16-19-32(27)33(25)26-22-12-8-6-10-20(22)14-15-21-11-7-9-13-23(21)26/h6-13,16,19,25-26,35H,4-5,14-15,17-18H2,1-3H3. The van der Waals surface area contributed by atoms with E-state index in [0.717, 1.165) is 38.9 Å². The van der Waals surface area contributed by atoms with E-state index >= 15 is 0 Å². The van der Waals surface area contributed by atoms with Gasteiger partial charge >= 0.3 is 0 Å². The lowest BCUT2D eigenvalue weighted by Crippen LogP contribution is -2.62. The molecule has 1 aromatic heterocycles. The number of benzene rings is 2. The molecule has 0 saturated carbocycles. The fraction of sp³-hybridized carbons (Fsp3) is 0.379. The Morgan fingerprint density at radius 1 is 0.917 bits per heavy atom. The molecule has 1 aliphatic carbocycles. The highest BCUT2D eigenvalue weighted by Crippen LogP contribution is 2.40. The van der Waals surface area contributed by atoms with E-state index in [1.807, 2.05) is 0 Å². The lowest BCUT2D eigenvalue weighted by Gasteiger charge is -2.49. The third kappa shape index (κ3) is 3.97. The Morgan fingerprint density at radius 3 is 2.08 bits per heavy atom. The molecule has 0 saturated heterocycles. The number of aryl methyl sites for hydroxylation is 2. The van der Waals surface area contributed by atoms with Gasteiger partial charge in [-0.2, -0.15) is 0 Å². The van der Waals surface area contributed by atoms with Crippen LogP contribution in [0.1, 0.15) is 59.1 Å². The third-order valence-corrected chi connectivity index (χ3v) is 7.80. The molecule has 1 amide bonds. The van der Waals surface area contributed by atoms with Crippen LogP contribution in [0.2, 0.25) is 0 Å². The molecule has 1 atom stereocenters. The maximum Gasteiger partial charge on any atom is 0.277 e. The first-order valence-corrected chi connectivity index (χ1v) is 12.8. The number of carbonyl (C=O) groups is 1. The number of hydrogen-bond donors (Lipinski definition) is 1. The summed E-state index contributed by atoms with van der Waals surface area (Å²) in [4.78, 5) is 30.0. The molecule has 3 aromatic rings. The maximum absolute atomic E-state index is 13.5. The zero-order valence-electron chi connectivity index (χ0n) is 21.2. The summed E-state index contributed by atoms with van der Waals surface area (Å²) in [6.07, 6.45) is 3.94. The molecular formula is C29H34N4O3. The number of aromatic nitrogens is 1. The Hall–Kier alpha value is -3.58. The van der Waals surface area contributed by atoms with Crippen LogP contribution in [0, 0.1) is 0 Å². The summed E-state index contributed by atoms with van der Waals surface area (Å²) in [5.74, 6) is -0.849. The molecule has 36 heavy (non-hydrogen) atoms. The SMILES string of the molecule is CCN(CC)CCC1N(C)C(=O)c2c(O)c(=O)ccn2N1C1c2ccccc2CCc2ccccc21. The molecular weight excluding hydrogens is 452 g/mol. The minimum absolute atomic E-state index is 0.0169. The van der Waals surface area contributed by atoms with Crippen LogP contribution in [0.4, 0.5) is 0 Å². The molecule has 2 aliphatic rings. The molecule has 2 aromatic carbocycles. The first kappa shape index (κ1) is 24.1. The van der Waals surface area contributed by atoms with Crippen molar-refractivity contribution in [2.75, 3.05) is 31.7 Å². The van der Waals surface area contributed by atoms with Crippen LogP contribution in [0.15, 0.2) is 65.6 Å². The summed E-state index contributed by atoms with van der Waals surface area (Å²) in [7, 11) is 1.77. The molecule has 0 bridgehead atoms. The first-order valence-electron chi connectivity index (χ1n) is 12.8. The van der Waals surface area contributed by atoms with Crippen LogP contribution in [-0.2, 0) is 12.8 Å². The third-order valence-electron chi connectivity index (χ3n) is 7.80. The average Bonchev–Trinajstić information content (AvgIpc) is 3.06. The van der Waals surface area contributed by atoms with Gasteiger partial charge in [0, 0.05) is 32.3 Å². The molecule has 188 valence electrons. The van der Waals surface area contributed by atoms with Crippen molar-refractivity contribution >= 4 is 5.91 Å². The van der Waals surface area contributed by atoms with Crippen molar-refractivity contribution in [3.05, 3.63) is 99.0 Å². The molecule has 7 heteroatoms. The zero-order chi connectivity index (χ0) is 25.4. The monoisotopic (exact) mass is 486 g/mol. The Morgan fingerprint density at radius 2 is 1.50 bits per heavy atom. The highest BCUT2D eigenvalue weighted by molar-refractivity contribution is 5.96. The van der Waals surface area contributed by atoms with Crippen molar-refractivity contribution in [3.63, 3.8) is 0 Å². The largest absolute Gasteiger partial charge is 0.502 e. The van der Waals surface area contributed by atoms with Gasteiger partial charge in [-0.15, -0.1) is 0 Å². The Balaban J connectivity index is 1.75. The van der Waals surface area contributed by atoms with E-state index in [-0.39, 0.29) is 23.8 Å². The van der Waals surface area contributed by atoms with Gasteiger partial charge < -0.3 is 14.9 Å². The number of nitrogens with zero attached hydrogens (tertiary/aromatic N) is 4. The number of rotatable bonds is 6. The number of carbonyl (C=O) groups excluding carboxylic acids is 1. The minimum Gasteiger partial charge on any atom is -0.502 e. The van der Waals surface area contributed by atoms with Crippen LogP contribution < -0.4 is 10.4 Å². The number of fused-ring (bicyclic) bond motifs is 3. The summed E-state index contributed by atoms with van der Waals surface area (Å²) >= 11 is 0. The fourth-order valence-corrected chi connectivity index (χ4v) is 5.77. The predicted octanol–water partition coefficient (Wildman–Crippen LogP) is 3.52. The predicted molar refractivity (Wildman–Crippen MR) is 141 cm³/mol. The summed E-state index contributed by atoms with van der Waals surface area (Å²) in [5.41, 5.74) is 4.37. The van der Waals surface area contributed by atoms with Crippen LogP contribution in [0.3, 0.4) is 0 Å². The normalized spacial score (nSPS) is 17.6. The average molecular weight is 487 g/mol. The minimum atomic E-state index is -0.550. The van der Waals surface area contributed by atoms with E-state index in [2.05, 4.69) is 72.3 Å². The number of pyridine rings is 1. The van der Waals surface area contributed by atoms with E-state index in [1.54, 1.807) is 22.8 Å². The summed E-state index contributed by atoms with van der Waals surface area (Å²) < 4.78 is 1.73. The van der Waals surface area contributed by atoms with Crippen molar-refractivity contribution in [3.8, 4) is 5.75 Å². The second-order valence-corrected chi connectivity index (χ2v) is 9.61. The number of amides is 1.